The van der Waals surface area contributed by atoms with Crippen molar-refractivity contribution < 1.29 is 13.2 Å². The zero-order chi connectivity index (χ0) is 14.8. The number of benzene rings is 1. The molecular weight excluding hydrogens is 278 g/mol. The first-order chi connectivity index (χ1) is 9.42. The Hall–Kier alpha value is -1.47. The van der Waals surface area contributed by atoms with Gasteiger partial charge in [0.25, 0.3) is 0 Å². The number of nitrogens with two attached hydrogens (primary N) is 1. The highest BCUT2D eigenvalue weighted by Gasteiger charge is 2.27. The molecule has 0 atom stereocenters. The molecule has 1 saturated heterocycles. The van der Waals surface area contributed by atoms with Crippen molar-refractivity contribution in [3.05, 3.63) is 18.2 Å². The summed E-state index contributed by atoms with van der Waals surface area (Å²) in [6.07, 6.45) is 1.77. The molecule has 0 bridgehead atoms. The largest absolute Gasteiger partial charge is 0.495 e. The standard InChI is InChI=1S/C13H21N3O3S/c1-10-5-7-16(8-6-10)20(17,18)15-12-9-11(14)3-4-13(12)19-2/h3-4,9-10,15H,5-8,14H2,1-2H3. The Morgan fingerprint density at radius 3 is 2.60 bits per heavy atom. The SMILES string of the molecule is COc1ccc(N)cc1NS(=O)(=O)N1CCC(C)CC1. The topological polar surface area (TPSA) is 84.7 Å². The van der Waals surface area contributed by atoms with Crippen molar-refractivity contribution in [2.45, 2.75) is 19.8 Å². The van der Waals surface area contributed by atoms with E-state index in [9.17, 15) is 8.42 Å². The number of nitrogen functional groups attached to an aromatic ring is 1. The lowest BCUT2D eigenvalue weighted by atomic mass is 10.0. The van der Waals surface area contributed by atoms with Gasteiger partial charge in [0.2, 0.25) is 0 Å². The highest BCUT2D eigenvalue weighted by molar-refractivity contribution is 7.90. The van der Waals surface area contributed by atoms with Crippen molar-refractivity contribution in [3.63, 3.8) is 0 Å². The molecule has 0 amide bonds. The fraction of sp³-hybridized carbons (Fsp3) is 0.538. The smallest absolute Gasteiger partial charge is 0.301 e. The number of piperidine rings is 1. The maximum atomic E-state index is 12.4. The highest BCUT2D eigenvalue weighted by Crippen LogP contribution is 2.29. The first-order valence-corrected chi connectivity index (χ1v) is 8.08. The maximum absolute atomic E-state index is 12.4. The molecule has 1 aromatic rings. The molecule has 0 radical (unpaired) electrons. The van der Waals surface area contributed by atoms with Gasteiger partial charge in [-0.05, 0) is 37.0 Å². The monoisotopic (exact) mass is 299 g/mol. The molecule has 0 aromatic heterocycles. The van der Waals surface area contributed by atoms with E-state index in [0.717, 1.165) is 12.8 Å². The van der Waals surface area contributed by atoms with E-state index >= 15 is 0 Å². The molecule has 1 aliphatic heterocycles. The summed E-state index contributed by atoms with van der Waals surface area (Å²) in [5.41, 5.74) is 6.54. The molecule has 0 spiro atoms. The van der Waals surface area contributed by atoms with E-state index in [1.165, 1.54) is 11.4 Å². The normalized spacial score (nSPS) is 17.9. The average molecular weight is 299 g/mol. The summed E-state index contributed by atoms with van der Waals surface area (Å²) in [7, 11) is -2.07. The van der Waals surface area contributed by atoms with Crippen LogP contribution in [0, 0.1) is 5.92 Å². The van der Waals surface area contributed by atoms with Gasteiger partial charge >= 0.3 is 10.2 Å². The summed E-state index contributed by atoms with van der Waals surface area (Å²) in [4.78, 5) is 0. The van der Waals surface area contributed by atoms with E-state index in [4.69, 9.17) is 10.5 Å². The van der Waals surface area contributed by atoms with Crippen molar-refractivity contribution >= 4 is 21.6 Å². The summed E-state index contributed by atoms with van der Waals surface area (Å²) in [6, 6.07) is 4.87. The van der Waals surface area contributed by atoms with Crippen LogP contribution in [0.1, 0.15) is 19.8 Å². The molecule has 1 aromatic carbocycles. The number of hydrogen-bond donors (Lipinski definition) is 2. The Kier molecular flexibility index (Phi) is 4.39. The lowest BCUT2D eigenvalue weighted by molar-refractivity contribution is 0.289. The molecule has 6 nitrogen and oxygen atoms in total. The zero-order valence-electron chi connectivity index (χ0n) is 11.8. The Balaban J connectivity index is 2.18. The lowest BCUT2D eigenvalue weighted by Crippen LogP contribution is -2.41. The van der Waals surface area contributed by atoms with Gasteiger partial charge in [0, 0.05) is 18.8 Å². The average Bonchev–Trinajstić information content (AvgIpc) is 2.39. The van der Waals surface area contributed by atoms with Gasteiger partial charge in [-0.2, -0.15) is 12.7 Å². The van der Waals surface area contributed by atoms with Crippen LogP contribution in [0.15, 0.2) is 18.2 Å². The molecule has 112 valence electrons. The Labute approximate surface area is 120 Å². The van der Waals surface area contributed by atoms with Crippen LogP contribution < -0.4 is 15.2 Å². The predicted molar refractivity (Wildman–Crippen MR) is 79.9 cm³/mol. The van der Waals surface area contributed by atoms with Gasteiger partial charge in [-0.1, -0.05) is 6.92 Å². The first kappa shape index (κ1) is 14.9. The number of anilines is 2. The van der Waals surface area contributed by atoms with Crippen LogP contribution in [0.3, 0.4) is 0 Å². The van der Waals surface area contributed by atoms with Crippen molar-refractivity contribution in [1.82, 2.24) is 4.31 Å². The van der Waals surface area contributed by atoms with Crippen molar-refractivity contribution in [2.24, 2.45) is 5.92 Å². The van der Waals surface area contributed by atoms with Gasteiger partial charge in [-0.15, -0.1) is 0 Å². The first-order valence-electron chi connectivity index (χ1n) is 6.64. The van der Waals surface area contributed by atoms with E-state index < -0.39 is 10.2 Å². The fourth-order valence-corrected chi connectivity index (χ4v) is 3.49. The number of nitrogens with one attached hydrogen (secondary N) is 1. The van der Waals surface area contributed by atoms with E-state index in [0.29, 0.717) is 36.1 Å². The van der Waals surface area contributed by atoms with Gasteiger partial charge in [0.1, 0.15) is 5.75 Å². The zero-order valence-corrected chi connectivity index (χ0v) is 12.6. The van der Waals surface area contributed by atoms with Crippen molar-refractivity contribution in [2.75, 3.05) is 30.7 Å². The summed E-state index contributed by atoms with van der Waals surface area (Å²) in [6.45, 7) is 3.22. The van der Waals surface area contributed by atoms with Crippen LogP contribution in [0.2, 0.25) is 0 Å². The molecule has 1 aliphatic rings. The Morgan fingerprint density at radius 1 is 1.35 bits per heavy atom. The second-order valence-electron chi connectivity index (χ2n) is 5.15. The molecule has 3 N–H and O–H groups in total. The van der Waals surface area contributed by atoms with E-state index in [2.05, 4.69) is 11.6 Å². The van der Waals surface area contributed by atoms with E-state index in [1.807, 2.05) is 0 Å². The van der Waals surface area contributed by atoms with Gasteiger partial charge in [0.15, 0.2) is 0 Å². The minimum atomic E-state index is -3.56. The van der Waals surface area contributed by atoms with Gasteiger partial charge < -0.3 is 10.5 Å². The lowest BCUT2D eigenvalue weighted by Gasteiger charge is -2.29. The summed E-state index contributed by atoms with van der Waals surface area (Å²) >= 11 is 0. The van der Waals surface area contributed by atoms with Gasteiger partial charge in [0.05, 0.1) is 12.8 Å². The number of nitrogens with zero attached hydrogens (tertiary/aromatic N) is 1. The predicted octanol–water partition coefficient (Wildman–Crippen LogP) is 1.67. The molecule has 0 saturated carbocycles. The number of methoxy groups -OCH3 is 1. The maximum Gasteiger partial charge on any atom is 0.301 e. The van der Waals surface area contributed by atoms with Crippen LogP contribution in [-0.2, 0) is 10.2 Å². The summed E-state index contributed by atoms with van der Waals surface area (Å²) in [5.74, 6) is 1.02. The number of hydrogen-bond acceptors (Lipinski definition) is 4. The van der Waals surface area contributed by atoms with E-state index in [-0.39, 0.29) is 0 Å². The molecular formula is C13H21N3O3S. The van der Waals surface area contributed by atoms with Gasteiger partial charge in [-0.3, -0.25) is 4.72 Å². The Morgan fingerprint density at radius 2 is 2.00 bits per heavy atom. The third kappa shape index (κ3) is 3.34. The molecule has 7 heteroatoms. The van der Waals surface area contributed by atoms with Crippen LogP contribution in [0.25, 0.3) is 0 Å². The van der Waals surface area contributed by atoms with Crippen LogP contribution in [0.5, 0.6) is 5.75 Å². The van der Waals surface area contributed by atoms with Crippen molar-refractivity contribution in [3.8, 4) is 5.75 Å². The number of ether oxygens (including phenoxy) is 1. The van der Waals surface area contributed by atoms with Crippen LogP contribution >= 0.6 is 0 Å². The molecule has 1 heterocycles. The molecule has 0 aliphatic carbocycles. The van der Waals surface area contributed by atoms with E-state index in [1.54, 1.807) is 18.2 Å². The van der Waals surface area contributed by atoms with Crippen LogP contribution in [-0.4, -0.2) is 32.9 Å². The summed E-state index contributed by atoms with van der Waals surface area (Å²) < 4.78 is 33.9. The third-order valence-electron chi connectivity index (χ3n) is 3.54. The second-order valence-corrected chi connectivity index (χ2v) is 6.82. The minimum Gasteiger partial charge on any atom is -0.495 e. The molecule has 2 rings (SSSR count). The minimum absolute atomic E-state index is 0.367. The fourth-order valence-electron chi connectivity index (χ4n) is 2.23. The van der Waals surface area contributed by atoms with Crippen LogP contribution in [0.4, 0.5) is 11.4 Å². The quantitative estimate of drug-likeness (QED) is 0.828. The summed E-state index contributed by atoms with van der Waals surface area (Å²) in [5, 5.41) is 0. The van der Waals surface area contributed by atoms with Crippen molar-refractivity contribution in [1.29, 1.82) is 0 Å². The number of rotatable bonds is 4. The second kappa shape index (κ2) is 5.88. The molecule has 20 heavy (non-hydrogen) atoms. The molecule has 0 unspecified atom stereocenters. The molecule has 1 fully saturated rings. The van der Waals surface area contributed by atoms with Gasteiger partial charge in [-0.25, -0.2) is 0 Å². The highest BCUT2D eigenvalue weighted by atomic mass is 32.2. The Bertz CT molecular complexity index is 566. The third-order valence-corrected chi connectivity index (χ3v) is 5.07.